The number of amides is 1. The number of nitrogens with zero attached hydrogens (tertiary/aromatic N) is 4. The molecular formula is C22H23ClN4O4. The summed E-state index contributed by atoms with van der Waals surface area (Å²) in [4.78, 5) is 31.1. The lowest BCUT2D eigenvalue weighted by atomic mass is 10.1. The lowest BCUT2D eigenvalue weighted by molar-refractivity contribution is -0.0402. The van der Waals surface area contributed by atoms with Crippen LogP contribution in [-0.2, 0) is 4.74 Å². The summed E-state index contributed by atoms with van der Waals surface area (Å²) >= 11 is 5.98. The maximum atomic E-state index is 13.2. The van der Waals surface area contributed by atoms with Gasteiger partial charge in [-0.25, -0.2) is 9.50 Å². The standard InChI is InChI=1S/C22H23ClN4O4/c1-13-8-21-24-10-19(14(2)27(21)25-13)22(29)26-6-7-30-17(11-26)12-31-20-5-4-16(23)9-18(20)15(3)28/h4-5,8-10,17H,6-7,11-12H2,1-3H3. The van der Waals surface area contributed by atoms with Crippen molar-refractivity contribution >= 4 is 28.9 Å². The Morgan fingerprint density at radius 3 is 2.84 bits per heavy atom. The van der Waals surface area contributed by atoms with Gasteiger partial charge in [-0.3, -0.25) is 9.59 Å². The molecule has 31 heavy (non-hydrogen) atoms. The Morgan fingerprint density at radius 2 is 2.06 bits per heavy atom. The van der Waals surface area contributed by atoms with Gasteiger partial charge in [0.1, 0.15) is 18.5 Å². The van der Waals surface area contributed by atoms with Crippen molar-refractivity contribution < 1.29 is 19.1 Å². The van der Waals surface area contributed by atoms with E-state index in [4.69, 9.17) is 21.1 Å². The van der Waals surface area contributed by atoms with Gasteiger partial charge in [0.2, 0.25) is 0 Å². The SMILES string of the molecule is CC(=O)c1cc(Cl)ccc1OCC1CN(C(=O)c2cnc3cc(C)nn3c2C)CCO1. The average molecular weight is 443 g/mol. The molecule has 3 aromatic rings. The number of rotatable bonds is 5. The molecule has 1 aromatic carbocycles. The van der Waals surface area contributed by atoms with Crippen LogP contribution < -0.4 is 4.74 Å². The van der Waals surface area contributed by atoms with E-state index in [1.165, 1.54) is 6.92 Å². The normalized spacial score (nSPS) is 16.5. The molecule has 0 N–H and O–H groups in total. The minimum atomic E-state index is -0.322. The third kappa shape index (κ3) is 4.40. The van der Waals surface area contributed by atoms with Gasteiger partial charge in [0, 0.05) is 23.8 Å². The quantitative estimate of drug-likeness (QED) is 0.564. The van der Waals surface area contributed by atoms with Crippen molar-refractivity contribution in [1.82, 2.24) is 19.5 Å². The van der Waals surface area contributed by atoms with Crippen LogP contribution in [0.3, 0.4) is 0 Å². The predicted octanol–water partition coefficient (Wildman–Crippen LogP) is 3.12. The molecular weight excluding hydrogens is 420 g/mol. The fourth-order valence-corrected chi connectivity index (χ4v) is 3.81. The number of halogens is 1. The highest BCUT2D eigenvalue weighted by Crippen LogP contribution is 2.24. The topological polar surface area (TPSA) is 86.0 Å². The van der Waals surface area contributed by atoms with Crippen LogP contribution in [-0.4, -0.2) is 63.6 Å². The minimum Gasteiger partial charge on any atom is -0.490 e. The fourth-order valence-electron chi connectivity index (χ4n) is 3.63. The number of benzene rings is 1. The highest BCUT2D eigenvalue weighted by atomic mass is 35.5. The van der Waals surface area contributed by atoms with Gasteiger partial charge in [-0.15, -0.1) is 0 Å². The van der Waals surface area contributed by atoms with Crippen molar-refractivity contribution in [3.63, 3.8) is 0 Å². The third-order valence-corrected chi connectivity index (χ3v) is 5.48. The number of carbonyl (C=O) groups is 2. The molecule has 162 valence electrons. The Balaban J connectivity index is 1.46. The number of ether oxygens (including phenoxy) is 2. The van der Waals surface area contributed by atoms with Crippen LogP contribution in [0.2, 0.25) is 5.02 Å². The van der Waals surface area contributed by atoms with Crippen LogP contribution in [0.15, 0.2) is 30.5 Å². The Labute approximate surface area is 184 Å². The summed E-state index contributed by atoms with van der Waals surface area (Å²) in [5, 5.41) is 4.88. The Morgan fingerprint density at radius 1 is 1.26 bits per heavy atom. The summed E-state index contributed by atoms with van der Waals surface area (Å²) < 4.78 is 13.3. The van der Waals surface area contributed by atoms with Crippen molar-refractivity contribution in [2.75, 3.05) is 26.3 Å². The first-order valence-electron chi connectivity index (χ1n) is 9.99. The van der Waals surface area contributed by atoms with Gasteiger partial charge in [-0.2, -0.15) is 5.10 Å². The second-order valence-electron chi connectivity index (χ2n) is 7.56. The van der Waals surface area contributed by atoms with Crippen molar-refractivity contribution in [3.05, 3.63) is 58.0 Å². The Kier molecular flexibility index (Phi) is 5.93. The van der Waals surface area contributed by atoms with Crippen molar-refractivity contribution in [2.24, 2.45) is 0 Å². The van der Waals surface area contributed by atoms with Crippen LogP contribution in [0.5, 0.6) is 5.75 Å². The monoisotopic (exact) mass is 442 g/mol. The summed E-state index contributed by atoms with van der Waals surface area (Å²) in [5.41, 5.74) is 3.23. The molecule has 9 heteroatoms. The molecule has 0 spiro atoms. The summed E-state index contributed by atoms with van der Waals surface area (Å²) in [6.45, 7) is 6.67. The van der Waals surface area contributed by atoms with E-state index in [0.717, 1.165) is 11.4 Å². The molecule has 0 saturated carbocycles. The molecule has 1 unspecified atom stereocenters. The number of ketones is 1. The van der Waals surface area contributed by atoms with Crippen molar-refractivity contribution in [2.45, 2.75) is 26.9 Å². The number of aryl methyl sites for hydroxylation is 2. The first kappa shape index (κ1) is 21.3. The third-order valence-electron chi connectivity index (χ3n) is 5.25. The minimum absolute atomic E-state index is 0.121. The van der Waals surface area contributed by atoms with Crippen molar-refractivity contribution in [3.8, 4) is 5.75 Å². The number of hydrogen-bond acceptors (Lipinski definition) is 6. The Hall–Kier alpha value is -2.97. The van der Waals surface area contributed by atoms with E-state index in [1.54, 1.807) is 33.8 Å². The number of hydrogen-bond donors (Lipinski definition) is 0. The highest BCUT2D eigenvalue weighted by Gasteiger charge is 2.27. The van der Waals surface area contributed by atoms with Crippen LogP contribution in [0.1, 0.15) is 39.0 Å². The van der Waals surface area contributed by atoms with Gasteiger partial charge in [-0.05, 0) is 39.0 Å². The molecule has 0 aliphatic carbocycles. The fraction of sp³-hybridized carbons (Fsp3) is 0.364. The van der Waals surface area contributed by atoms with Crippen LogP contribution in [0.25, 0.3) is 5.65 Å². The number of morpholine rings is 1. The molecule has 1 saturated heterocycles. The largest absolute Gasteiger partial charge is 0.490 e. The summed E-state index contributed by atoms with van der Waals surface area (Å²) in [5.74, 6) is 0.193. The van der Waals surface area contributed by atoms with Gasteiger partial charge < -0.3 is 14.4 Å². The van der Waals surface area contributed by atoms with E-state index in [0.29, 0.717) is 47.2 Å². The van der Waals surface area contributed by atoms with Crippen LogP contribution >= 0.6 is 11.6 Å². The van der Waals surface area contributed by atoms with Gasteiger partial charge in [0.05, 0.1) is 35.7 Å². The molecule has 0 radical (unpaired) electrons. The number of Topliss-reactive ketones (excluding diaryl/α,β-unsaturated/α-hetero) is 1. The van der Waals surface area contributed by atoms with Gasteiger partial charge >= 0.3 is 0 Å². The van der Waals surface area contributed by atoms with E-state index in [-0.39, 0.29) is 24.4 Å². The molecule has 1 aliphatic rings. The van der Waals surface area contributed by atoms with Crippen molar-refractivity contribution in [1.29, 1.82) is 0 Å². The van der Waals surface area contributed by atoms with Crippen LogP contribution in [0.4, 0.5) is 0 Å². The number of carbonyl (C=O) groups excluding carboxylic acids is 2. The molecule has 4 rings (SSSR count). The van der Waals surface area contributed by atoms with Crippen LogP contribution in [0, 0.1) is 13.8 Å². The first-order valence-corrected chi connectivity index (χ1v) is 10.4. The highest BCUT2D eigenvalue weighted by molar-refractivity contribution is 6.31. The Bertz CT molecular complexity index is 1160. The van der Waals surface area contributed by atoms with E-state index in [9.17, 15) is 9.59 Å². The smallest absolute Gasteiger partial charge is 0.257 e. The molecule has 0 bridgehead atoms. The predicted molar refractivity (Wildman–Crippen MR) is 115 cm³/mol. The van der Waals surface area contributed by atoms with E-state index >= 15 is 0 Å². The maximum absolute atomic E-state index is 13.2. The number of fused-ring (bicyclic) bond motifs is 1. The second-order valence-corrected chi connectivity index (χ2v) is 8.00. The van der Waals surface area contributed by atoms with Gasteiger partial charge in [0.25, 0.3) is 5.91 Å². The lowest BCUT2D eigenvalue weighted by Crippen LogP contribution is -2.48. The molecule has 1 aliphatic heterocycles. The van der Waals surface area contributed by atoms with E-state index < -0.39 is 0 Å². The van der Waals surface area contributed by atoms with Gasteiger partial charge in [0.15, 0.2) is 11.4 Å². The molecule has 2 aromatic heterocycles. The molecule has 3 heterocycles. The zero-order chi connectivity index (χ0) is 22.1. The zero-order valence-electron chi connectivity index (χ0n) is 17.6. The molecule has 1 atom stereocenters. The molecule has 1 fully saturated rings. The van der Waals surface area contributed by atoms with Gasteiger partial charge in [-0.1, -0.05) is 11.6 Å². The summed E-state index contributed by atoms with van der Waals surface area (Å²) in [7, 11) is 0. The summed E-state index contributed by atoms with van der Waals surface area (Å²) in [6, 6.07) is 6.79. The molecule has 1 amide bonds. The lowest BCUT2D eigenvalue weighted by Gasteiger charge is -2.33. The zero-order valence-corrected chi connectivity index (χ0v) is 18.3. The summed E-state index contributed by atoms with van der Waals surface area (Å²) in [6.07, 6.45) is 1.28. The second kappa shape index (κ2) is 8.64. The first-order chi connectivity index (χ1) is 14.8. The van der Waals surface area contributed by atoms with E-state index in [1.807, 2.05) is 19.9 Å². The maximum Gasteiger partial charge on any atom is 0.257 e. The number of aromatic nitrogens is 3. The van der Waals surface area contributed by atoms with E-state index in [2.05, 4.69) is 10.1 Å². The average Bonchev–Trinajstić information content (AvgIpc) is 3.14. The molecule has 8 nitrogen and oxygen atoms in total.